The summed E-state index contributed by atoms with van der Waals surface area (Å²) in [7, 11) is 0. The van der Waals surface area contributed by atoms with Crippen LogP contribution in [0.2, 0.25) is 0 Å². The highest BCUT2D eigenvalue weighted by Gasteiger charge is 2.10. The first-order chi connectivity index (χ1) is 10.2. The van der Waals surface area contributed by atoms with Gasteiger partial charge in [0.2, 0.25) is 0 Å². The Balaban J connectivity index is 2.52. The monoisotopic (exact) mass is 289 g/mol. The Bertz CT molecular complexity index is 502. The van der Waals surface area contributed by atoms with Crippen LogP contribution in [-0.4, -0.2) is 53.7 Å². The molecule has 1 amide bonds. The molecule has 21 heavy (non-hydrogen) atoms. The summed E-state index contributed by atoms with van der Waals surface area (Å²) in [6.07, 6.45) is 2.47. The van der Waals surface area contributed by atoms with E-state index in [2.05, 4.69) is 40.9 Å². The Morgan fingerprint density at radius 2 is 2.19 bits per heavy atom. The summed E-state index contributed by atoms with van der Waals surface area (Å²) in [5, 5.41) is 11.6. The van der Waals surface area contributed by atoms with E-state index >= 15 is 0 Å². The van der Waals surface area contributed by atoms with E-state index in [4.69, 9.17) is 5.11 Å². The summed E-state index contributed by atoms with van der Waals surface area (Å²) in [5.41, 5.74) is 0.842. The normalized spacial score (nSPS) is 10.1. The van der Waals surface area contributed by atoms with Crippen LogP contribution in [0.15, 0.2) is 18.3 Å². The van der Waals surface area contributed by atoms with Gasteiger partial charge in [0.1, 0.15) is 12.3 Å². The zero-order chi connectivity index (χ0) is 15.5. The Morgan fingerprint density at radius 3 is 2.86 bits per heavy atom. The minimum Gasteiger partial charge on any atom is -0.384 e. The molecule has 0 radical (unpaired) electrons. The summed E-state index contributed by atoms with van der Waals surface area (Å²) in [5.74, 6) is 5.05. The molecule has 5 nitrogen and oxygen atoms in total. The topological polar surface area (TPSA) is 65.5 Å². The van der Waals surface area contributed by atoms with E-state index in [0.29, 0.717) is 17.8 Å². The van der Waals surface area contributed by atoms with Gasteiger partial charge in [-0.25, -0.2) is 4.98 Å². The molecule has 1 aromatic heterocycles. The number of nitrogens with one attached hydrogen (secondary N) is 1. The number of carbonyl (C=O) groups is 1. The third kappa shape index (κ3) is 5.94. The second-order valence-corrected chi connectivity index (χ2v) is 4.50. The van der Waals surface area contributed by atoms with Crippen molar-refractivity contribution >= 4 is 5.91 Å². The molecule has 0 saturated heterocycles. The first-order valence-electron chi connectivity index (χ1n) is 7.28. The van der Waals surface area contributed by atoms with Crippen molar-refractivity contribution in [1.29, 1.82) is 0 Å². The third-order valence-electron chi connectivity index (χ3n) is 3.16. The first-order valence-corrected chi connectivity index (χ1v) is 7.28. The van der Waals surface area contributed by atoms with Crippen molar-refractivity contribution in [3.63, 3.8) is 0 Å². The smallest absolute Gasteiger partial charge is 0.271 e. The summed E-state index contributed by atoms with van der Waals surface area (Å²) < 4.78 is 0. The molecule has 1 heterocycles. The van der Waals surface area contributed by atoms with Crippen molar-refractivity contribution in [3.05, 3.63) is 29.6 Å². The van der Waals surface area contributed by atoms with E-state index in [1.807, 2.05) is 0 Å². The van der Waals surface area contributed by atoms with Gasteiger partial charge in [-0.2, -0.15) is 0 Å². The van der Waals surface area contributed by atoms with Gasteiger partial charge in [-0.3, -0.25) is 4.79 Å². The minimum absolute atomic E-state index is 0.225. The molecule has 0 spiro atoms. The molecule has 0 aliphatic carbocycles. The molecular formula is C16H23N3O2. The molecule has 0 aliphatic rings. The van der Waals surface area contributed by atoms with Crippen LogP contribution in [0.1, 0.15) is 36.3 Å². The number of hydrogen-bond acceptors (Lipinski definition) is 4. The molecule has 1 aromatic rings. The molecule has 0 unspecified atom stereocenters. The number of amides is 1. The van der Waals surface area contributed by atoms with Crippen LogP contribution in [0.25, 0.3) is 0 Å². The predicted molar refractivity (Wildman–Crippen MR) is 82.9 cm³/mol. The van der Waals surface area contributed by atoms with Gasteiger partial charge in [-0.1, -0.05) is 25.7 Å². The quantitative estimate of drug-likeness (QED) is 0.578. The van der Waals surface area contributed by atoms with E-state index in [1.54, 1.807) is 18.3 Å². The van der Waals surface area contributed by atoms with E-state index in [1.165, 1.54) is 0 Å². The molecule has 0 aromatic carbocycles. The fourth-order valence-electron chi connectivity index (χ4n) is 1.95. The maximum Gasteiger partial charge on any atom is 0.271 e. The van der Waals surface area contributed by atoms with Gasteiger partial charge < -0.3 is 15.3 Å². The van der Waals surface area contributed by atoms with Crippen LogP contribution >= 0.6 is 0 Å². The maximum atomic E-state index is 12.1. The van der Waals surface area contributed by atoms with Crippen LogP contribution in [0, 0.1) is 11.8 Å². The molecule has 114 valence electrons. The molecule has 1 rings (SSSR count). The number of aromatic nitrogens is 1. The number of hydrogen-bond donors (Lipinski definition) is 2. The molecular weight excluding hydrogens is 266 g/mol. The molecule has 0 aliphatic heterocycles. The van der Waals surface area contributed by atoms with Crippen LogP contribution in [0.3, 0.4) is 0 Å². The Labute approximate surface area is 126 Å². The predicted octanol–water partition coefficient (Wildman–Crippen LogP) is 0.887. The van der Waals surface area contributed by atoms with Gasteiger partial charge in [0, 0.05) is 12.7 Å². The zero-order valence-corrected chi connectivity index (χ0v) is 12.7. The van der Waals surface area contributed by atoms with E-state index < -0.39 is 0 Å². The van der Waals surface area contributed by atoms with Gasteiger partial charge in [0.25, 0.3) is 5.91 Å². The van der Waals surface area contributed by atoms with Gasteiger partial charge >= 0.3 is 0 Å². The van der Waals surface area contributed by atoms with Crippen molar-refractivity contribution in [3.8, 4) is 11.8 Å². The van der Waals surface area contributed by atoms with Crippen LogP contribution < -0.4 is 5.32 Å². The van der Waals surface area contributed by atoms with Crippen molar-refractivity contribution < 1.29 is 9.90 Å². The van der Waals surface area contributed by atoms with Crippen LogP contribution in [0.4, 0.5) is 0 Å². The first kappa shape index (κ1) is 17.2. The number of aliphatic hydroxyl groups excluding tert-OH is 1. The average Bonchev–Trinajstić information content (AvgIpc) is 2.53. The van der Waals surface area contributed by atoms with Gasteiger partial charge in [-0.05, 0) is 38.2 Å². The fraction of sp³-hybridized carbons (Fsp3) is 0.500. The van der Waals surface area contributed by atoms with E-state index in [-0.39, 0.29) is 12.5 Å². The zero-order valence-electron chi connectivity index (χ0n) is 12.7. The number of nitrogens with zero attached hydrogens (tertiary/aromatic N) is 2. The second-order valence-electron chi connectivity index (χ2n) is 4.50. The Kier molecular flexibility index (Phi) is 8.10. The summed E-state index contributed by atoms with van der Waals surface area (Å²) >= 11 is 0. The minimum atomic E-state index is -0.236. The number of rotatable bonds is 7. The SMILES string of the molecule is CCN(CC)CCCNC(=O)c1ncccc1C#CCO. The highest BCUT2D eigenvalue weighted by molar-refractivity contribution is 5.94. The summed E-state index contributed by atoms with van der Waals surface area (Å²) in [4.78, 5) is 18.5. The van der Waals surface area contributed by atoms with Crippen molar-refractivity contribution in [1.82, 2.24) is 15.2 Å². The maximum absolute atomic E-state index is 12.1. The Hall–Kier alpha value is -1.90. The van der Waals surface area contributed by atoms with Crippen molar-refractivity contribution in [2.75, 3.05) is 32.8 Å². The molecule has 0 saturated carbocycles. The number of aliphatic hydroxyl groups is 1. The van der Waals surface area contributed by atoms with Crippen LogP contribution in [0.5, 0.6) is 0 Å². The fourth-order valence-corrected chi connectivity index (χ4v) is 1.95. The Morgan fingerprint density at radius 1 is 1.43 bits per heavy atom. The van der Waals surface area contributed by atoms with Crippen molar-refractivity contribution in [2.24, 2.45) is 0 Å². The molecule has 2 N–H and O–H groups in total. The lowest BCUT2D eigenvalue weighted by Crippen LogP contribution is -2.30. The van der Waals surface area contributed by atoms with Gasteiger partial charge in [0.15, 0.2) is 0 Å². The second kappa shape index (κ2) is 9.92. The molecule has 0 fully saturated rings. The molecule has 5 heteroatoms. The van der Waals surface area contributed by atoms with Gasteiger partial charge in [-0.15, -0.1) is 0 Å². The number of pyridine rings is 1. The lowest BCUT2D eigenvalue weighted by atomic mass is 10.2. The molecule has 0 atom stereocenters. The van der Waals surface area contributed by atoms with E-state index in [9.17, 15) is 4.79 Å². The standard InChI is InChI=1S/C16H23N3O2/c1-3-19(4-2)12-7-11-18-16(21)15-14(9-6-13-20)8-5-10-17-15/h5,8,10,20H,3-4,7,11-13H2,1-2H3,(H,18,21). The largest absolute Gasteiger partial charge is 0.384 e. The van der Waals surface area contributed by atoms with Crippen LogP contribution in [-0.2, 0) is 0 Å². The van der Waals surface area contributed by atoms with E-state index in [0.717, 1.165) is 26.1 Å². The third-order valence-corrected chi connectivity index (χ3v) is 3.16. The van der Waals surface area contributed by atoms with Gasteiger partial charge in [0.05, 0.1) is 5.56 Å². The highest BCUT2D eigenvalue weighted by Crippen LogP contribution is 2.03. The lowest BCUT2D eigenvalue weighted by Gasteiger charge is -2.17. The lowest BCUT2D eigenvalue weighted by molar-refractivity contribution is 0.0946. The average molecular weight is 289 g/mol. The number of carbonyl (C=O) groups excluding carboxylic acids is 1. The highest BCUT2D eigenvalue weighted by atomic mass is 16.2. The summed E-state index contributed by atoms with van der Waals surface area (Å²) in [6, 6.07) is 3.44. The summed E-state index contributed by atoms with van der Waals surface area (Å²) in [6.45, 7) is 7.63. The van der Waals surface area contributed by atoms with Crippen molar-refractivity contribution in [2.45, 2.75) is 20.3 Å². The molecule has 0 bridgehead atoms.